The zero-order valence-electron chi connectivity index (χ0n) is 16.7. The van der Waals surface area contributed by atoms with Gasteiger partial charge in [-0.3, -0.25) is 9.59 Å². The highest BCUT2D eigenvalue weighted by molar-refractivity contribution is 7.90. The Morgan fingerprint density at radius 3 is 2.45 bits per heavy atom. The number of rotatable bonds is 4. The lowest BCUT2D eigenvalue weighted by atomic mass is 9.95. The van der Waals surface area contributed by atoms with Gasteiger partial charge in [-0.25, -0.2) is 17.8 Å². The summed E-state index contributed by atoms with van der Waals surface area (Å²) in [6.45, 7) is 0.873. The maximum absolute atomic E-state index is 13.1. The fourth-order valence-electron chi connectivity index (χ4n) is 3.52. The first-order chi connectivity index (χ1) is 14.7. The van der Waals surface area contributed by atoms with Gasteiger partial charge in [0.1, 0.15) is 5.82 Å². The third-order valence-electron chi connectivity index (χ3n) is 5.26. The van der Waals surface area contributed by atoms with Crippen LogP contribution in [0.25, 0.3) is 10.2 Å². The van der Waals surface area contributed by atoms with E-state index >= 15 is 0 Å². The van der Waals surface area contributed by atoms with Gasteiger partial charge in [-0.05, 0) is 55.3 Å². The largest absolute Gasteiger partial charge is 0.339 e. The van der Waals surface area contributed by atoms with Crippen molar-refractivity contribution in [2.24, 2.45) is 5.92 Å². The van der Waals surface area contributed by atoms with Crippen LogP contribution in [0, 0.1) is 11.7 Å². The van der Waals surface area contributed by atoms with Crippen molar-refractivity contribution in [3.8, 4) is 0 Å². The van der Waals surface area contributed by atoms with E-state index in [4.69, 9.17) is 0 Å². The van der Waals surface area contributed by atoms with E-state index in [1.54, 1.807) is 17.0 Å². The van der Waals surface area contributed by atoms with Gasteiger partial charge in [0.2, 0.25) is 5.91 Å². The maximum atomic E-state index is 13.1. The molecule has 1 aliphatic rings. The van der Waals surface area contributed by atoms with Crippen molar-refractivity contribution >= 4 is 48.3 Å². The predicted octanol–water partition coefficient (Wildman–Crippen LogP) is 3.33. The number of carbonyl (C=O) groups excluding carboxylic acids is 2. The van der Waals surface area contributed by atoms with Crippen molar-refractivity contribution in [3.05, 3.63) is 53.8 Å². The highest BCUT2D eigenvalue weighted by Crippen LogP contribution is 2.29. The molecule has 1 saturated heterocycles. The topological polar surface area (TPSA) is 96.4 Å². The number of nitrogens with zero attached hydrogens (tertiary/aromatic N) is 2. The molecule has 162 valence electrons. The second-order valence-corrected chi connectivity index (χ2v) is 10.5. The normalized spacial score (nSPS) is 15.2. The van der Waals surface area contributed by atoms with E-state index in [0.717, 1.165) is 6.26 Å². The smallest absolute Gasteiger partial charge is 0.253 e. The summed E-state index contributed by atoms with van der Waals surface area (Å²) in [4.78, 5) is 31.4. The van der Waals surface area contributed by atoms with Crippen molar-refractivity contribution in [1.82, 2.24) is 9.88 Å². The van der Waals surface area contributed by atoms with Gasteiger partial charge in [-0.15, -0.1) is 0 Å². The number of aromatic nitrogens is 1. The van der Waals surface area contributed by atoms with Gasteiger partial charge in [0.25, 0.3) is 5.91 Å². The van der Waals surface area contributed by atoms with Gasteiger partial charge < -0.3 is 10.2 Å². The Kier molecular flexibility index (Phi) is 5.76. The van der Waals surface area contributed by atoms with Crippen LogP contribution in [-0.2, 0) is 14.6 Å². The Morgan fingerprint density at radius 2 is 1.81 bits per heavy atom. The lowest BCUT2D eigenvalue weighted by molar-refractivity contribution is -0.121. The van der Waals surface area contributed by atoms with Gasteiger partial charge in [0, 0.05) is 30.8 Å². The third kappa shape index (κ3) is 4.75. The van der Waals surface area contributed by atoms with Crippen LogP contribution in [0.4, 0.5) is 9.52 Å². The van der Waals surface area contributed by atoms with Crippen LogP contribution in [0.1, 0.15) is 23.2 Å². The molecule has 0 radical (unpaired) electrons. The summed E-state index contributed by atoms with van der Waals surface area (Å²) in [7, 11) is -3.32. The van der Waals surface area contributed by atoms with Gasteiger partial charge in [-0.1, -0.05) is 11.3 Å². The molecule has 0 atom stereocenters. The molecule has 1 fully saturated rings. The van der Waals surface area contributed by atoms with Crippen LogP contribution in [-0.4, -0.2) is 49.5 Å². The van der Waals surface area contributed by atoms with Crippen LogP contribution in [0.15, 0.2) is 47.4 Å². The summed E-state index contributed by atoms with van der Waals surface area (Å²) < 4.78 is 37.2. The van der Waals surface area contributed by atoms with E-state index in [1.165, 1.54) is 41.7 Å². The number of piperidine rings is 1. The number of thiazole rings is 1. The van der Waals surface area contributed by atoms with E-state index in [0.29, 0.717) is 46.8 Å². The molecule has 10 heteroatoms. The predicted molar refractivity (Wildman–Crippen MR) is 116 cm³/mol. The second-order valence-electron chi connectivity index (χ2n) is 7.48. The molecule has 1 aromatic heterocycles. The van der Waals surface area contributed by atoms with Crippen molar-refractivity contribution < 1.29 is 22.4 Å². The number of hydrogen-bond acceptors (Lipinski definition) is 6. The SMILES string of the molecule is CS(=O)(=O)c1ccc2nc(NC(=O)C3CCN(C(=O)c4ccc(F)cc4)CC3)sc2c1. The Hall–Kier alpha value is -2.85. The lowest BCUT2D eigenvalue weighted by Gasteiger charge is -2.31. The monoisotopic (exact) mass is 461 g/mol. The van der Waals surface area contributed by atoms with Gasteiger partial charge in [-0.2, -0.15) is 0 Å². The first-order valence-electron chi connectivity index (χ1n) is 9.67. The minimum Gasteiger partial charge on any atom is -0.339 e. The number of sulfone groups is 1. The van der Waals surface area contributed by atoms with E-state index in [1.807, 2.05) is 0 Å². The van der Waals surface area contributed by atoms with Crippen LogP contribution >= 0.6 is 11.3 Å². The number of hydrogen-bond donors (Lipinski definition) is 1. The number of anilines is 1. The molecule has 0 spiro atoms. The van der Waals surface area contributed by atoms with Crippen LogP contribution in [0.3, 0.4) is 0 Å². The minimum atomic E-state index is -3.32. The number of benzene rings is 2. The molecule has 7 nitrogen and oxygen atoms in total. The van der Waals surface area contributed by atoms with Gasteiger partial charge in [0.15, 0.2) is 15.0 Å². The van der Waals surface area contributed by atoms with Crippen LogP contribution in [0.2, 0.25) is 0 Å². The summed E-state index contributed by atoms with van der Waals surface area (Å²) in [5.41, 5.74) is 1.04. The molecule has 3 aromatic rings. The second kappa shape index (κ2) is 8.35. The molecule has 4 rings (SSSR count). The van der Waals surface area contributed by atoms with E-state index in [9.17, 15) is 22.4 Å². The average Bonchev–Trinajstić information content (AvgIpc) is 3.14. The Bertz CT molecular complexity index is 1250. The van der Waals surface area contributed by atoms with E-state index < -0.39 is 15.7 Å². The molecule has 0 aliphatic carbocycles. The number of likely N-dealkylation sites (tertiary alicyclic amines) is 1. The highest BCUT2D eigenvalue weighted by atomic mass is 32.2. The molecule has 2 heterocycles. The Labute approximate surface area is 182 Å². The van der Waals surface area contributed by atoms with E-state index in [-0.39, 0.29) is 22.6 Å². The van der Waals surface area contributed by atoms with Crippen molar-refractivity contribution in [2.45, 2.75) is 17.7 Å². The Morgan fingerprint density at radius 1 is 1.13 bits per heavy atom. The highest BCUT2D eigenvalue weighted by Gasteiger charge is 2.28. The standard InChI is InChI=1S/C21H20FN3O4S2/c1-31(28,29)16-6-7-17-18(12-16)30-21(23-17)24-19(26)13-8-10-25(11-9-13)20(27)14-2-4-15(22)5-3-14/h2-7,12-13H,8-11H2,1H3,(H,23,24,26). The van der Waals surface area contributed by atoms with E-state index in [2.05, 4.69) is 10.3 Å². The van der Waals surface area contributed by atoms with Crippen molar-refractivity contribution in [3.63, 3.8) is 0 Å². The fraction of sp³-hybridized carbons (Fsp3) is 0.286. The number of fused-ring (bicyclic) bond motifs is 1. The van der Waals surface area contributed by atoms with Crippen LogP contribution in [0.5, 0.6) is 0 Å². The average molecular weight is 462 g/mol. The first kappa shape index (κ1) is 21.4. The number of nitrogens with one attached hydrogen (secondary N) is 1. The molecule has 1 N–H and O–H groups in total. The third-order valence-corrected chi connectivity index (χ3v) is 7.31. The number of carbonyl (C=O) groups is 2. The van der Waals surface area contributed by atoms with Crippen molar-refractivity contribution in [1.29, 1.82) is 0 Å². The molecular formula is C21H20FN3O4S2. The summed E-state index contributed by atoms with van der Waals surface area (Å²) in [6.07, 6.45) is 2.18. The fourth-order valence-corrected chi connectivity index (χ4v) is 5.15. The van der Waals surface area contributed by atoms with Gasteiger partial charge >= 0.3 is 0 Å². The minimum absolute atomic E-state index is 0.170. The zero-order chi connectivity index (χ0) is 22.2. The number of amides is 2. The maximum Gasteiger partial charge on any atom is 0.253 e. The first-order valence-corrected chi connectivity index (χ1v) is 12.4. The summed E-state index contributed by atoms with van der Waals surface area (Å²) >= 11 is 1.22. The number of halogens is 1. The zero-order valence-corrected chi connectivity index (χ0v) is 18.3. The molecule has 2 aromatic carbocycles. The van der Waals surface area contributed by atoms with Crippen LogP contribution < -0.4 is 5.32 Å². The molecule has 0 unspecified atom stereocenters. The molecule has 0 saturated carbocycles. The summed E-state index contributed by atoms with van der Waals surface area (Å²) in [5, 5.41) is 3.23. The summed E-state index contributed by atoms with van der Waals surface area (Å²) in [6, 6.07) is 10.1. The quantitative estimate of drug-likeness (QED) is 0.643. The molecular weight excluding hydrogens is 441 g/mol. The molecule has 31 heavy (non-hydrogen) atoms. The molecule has 2 amide bonds. The Balaban J connectivity index is 1.38. The molecule has 1 aliphatic heterocycles. The summed E-state index contributed by atoms with van der Waals surface area (Å²) in [5.74, 6) is -0.992. The van der Waals surface area contributed by atoms with Gasteiger partial charge in [0.05, 0.1) is 15.1 Å². The van der Waals surface area contributed by atoms with Crippen molar-refractivity contribution in [2.75, 3.05) is 24.7 Å². The lowest BCUT2D eigenvalue weighted by Crippen LogP contribution is -2.41. The molecule has 0 bridgehead atoms.